The molecule has 34 heavy (non-hydrogen) atoms. The number of aromatic nitrogens is 2. The van der Waals surface area contributed by atoms with Crippen LogP contribution in [0.3, 0.4) is 0 Å². The lowest BCUT2D eigenvalue weighted by molar-refractivity contribution is 0.285. The first kappa shape index (κ1) is 24.5. The molecule has 8 nitrogen and oxygen atoms in total. The maximum atomic E-state index is 12.3. The summed E-state index contributed by atoms with van der Waals surface area (Å²) >= 11 is 0. The Morgan fingerprint density at radius 3 is 2.74 bits per heavy atom. The second kappa shape index (κ2) is 10.3. The van der Waals surface area contributed by atoms with Crippen LogP contribution in [0.4, 0.5) is 11.6 Å². The van der Waals surface area contributed by atoms with E-state index in [0.29, 0.717) is 57.0 Å². The average molecular weight is 486 g/mol. The van der Waals surface area contributed by atoms with Gasteiger partial charge >= 0.3 is 6.01 Å². The average Bonchev–Trinajstić information content (AvgIpc) is 3.58. The normalized spacial score (nSPS) is 16.1. The Morgan fingerprint density at radius 1 is 1.26 bits per heavy atom. The van der Waals surface area contributed by atoms with Gasteiger partial charge in [-0.25, -0.2) is 8.42 Å². The van der Waals surface area contributed by atoms with Crippen molar-refractivity contribution in [2.75, 3.05) is 36.6 Å². The number of unbranched alkanes of at least 4 members (excludes halogenated alkanes) is 1. The van der Waals surface area contributed by atoms with Crippen molar-refractivity contribution in [1.29, 1.82) is 0 Å². The van der Waals surface area contributed by atoms with Gasteiger partial charge in [0.05, 0.1) is 12.9 Å². The molecule has 0 saturated heterocycles. The van der Waals surface area contributed by atoms with Gasteiger partial charge in [-0.2, -0.15) is 14.3 Å². The van der Waals surface area contributed by atoms with Crippen molar-refractivity contribution in [3.8, 4) is 6.01 Å². The minimum Gasteiger partial charge on any atom is -0.463 e. The molecule has 2 aromatic rings. The Balaban J connectivity index is 1.54. The first-order valence-electron chi connectivity index (χ1n) is 12.0. The van der Waals surface area contributed by atoms with Crippen LogP contribution in [0.2, 0.25) is 0 Å². The molecular weight excluding hydrogens is 450 g/mol. The number of nitrogen functional groups attached to an aromatic ring is 1. The summed E-state index contributed by atoms with van der Waals surface area (Å²) in [6.07, 6.45) is 6.12. The Kier molecular flexibility index (Phi) is 7.42. The van der Waals surface area contributed by atoms with Gasteiger partial charge in [-0.3, -0.25) is 0 Å². The van der Waals surface area contributed by atoms with Gasteiger partial charge in [-0.1, -0.05) is 49.8 Å². The summed E-state index contributed by atoms with van der Waals surface area (Å²) in [6, 6.07) is 8.40. The molecule has 2 N–H and O–H groups in total. The predicted molar refractivity (Wildman–Crippen MR) is 135 cm³/mol. The molecule has 0 spiro atoms. The van der Waals surface area contributed by atoms with Crippen molar-refractivity contribution in [2.24, 2.45) is 5.92 Å². The third kappa shape index (κ3) is 6.27. The van der Waals surface area contributed by atoms with Crippen LogP contribution in [0.1, 0.15) is 49.3 Å². The van der Waals surface area contributed by atoms with Gasteiger partial charge in [0.2, 0.25) is 10.0 Å². The molecule has 2 aliphatic rings. The number of nitrogens with zero attached hydrogens (tertiary/aromatic N) is 4. The molecule has 2 heterocycles. The summed E-state index contributed by atoms with van der Waals surface area (Å²) in [7, 11) is -3.26. The lowest BCUT2D eigenvalue weighted by Gasteiger charge is -2.32. The number of hydrogen-bond donors (Lipinski definition) is 1. The maximum absolute atomic E-state index is 12.3. The minimum atomic E-state index is -3.26. The topological polar surface area (TPSA) is 102 Å². The van der Waals surface area contributed by atoms with Crippen molar-refractivity contribution in [1.82, 2.24) is 14.3 Å². The second-order valence-electron chi connectivity index (χ2n) is 9.50. The van der Waals surface area contributed by atoms with Gasteiger partial charge in [0, 0.05) is 38.2 Å². The van der Waals surface area contributed by atoms with Gasteiger partial charge in [0.1, 0.15) is 11.6 Å². The lowest BCUT2D eigenvalue weighted by atomic mass is 10.0. The molecule has 1 aliphatic carbocycles. The van der Waals surface area contributed by atoms with E-state index in [9.17, 15) is 8.42 Å². The smallest absolute Gasteiger partial charge is 0.320 e. The van der Waals surface area contributed by atoms with Gasteiger partial charge < -0.3 is 15.4 Å². The van der Waals surface area contributed by atoms with E-state index in [4.69, 9.17) is 10.5 Å². The quantitative estimate of drug-likeness (QED) is 0.384. The first-order valence-corrected chi connectivity index (χ1v) is 13.8. The predicted octanol–water partition coefficient (Wildman–Crippen LogP) is 3.53. The Labute approximate surface area is 202 Å². The number of hydrogen-bond acceptors (Lipinski definition) is 7. The van der Waals surface area contributed by atoms with Gasteiger partial charge in [0.15, 0.2) is 0 Å². The molecule has 184 valence electrons. The second-order valence-corrected chi connectivity index (χ2v) is 11.5. The number of fused-ring (bicyclic) bond motifs is 1. The highest BCUT2D eigenvalue weighted by molar-refractivity contribution is 7.88. The van der Waals surface area contributed by atoms with E-state index in [-0.39, 0.29) is 0 Å². The van der Waals surface area contributed by atoms with E-state index >= 15 is 0 Å². The number of ether oxygens (including phenoxy) is 1. The van der Waals surface area contributed by atoms with Crippen LogP contribution in [-0.4, -0.2) is 48.6 Å². The van der Waals surface area contributed by atoms with Crippen molar-refractivity contribution < 1.29 is 13.2 Å². The summed E-state index contributed by atoms with van der Waals surface area (Å²) in [5.74, 6) is 1.70. The van der Waals surface area contributed by atoms with Gasteiger partial charge in [0.25, 0.3) is 0 Å². The fourth-order valence-electron chi connectivity index (χ4n) is 4.21. The SMILES string of the molecule is C=C1Cc2c(N)nc(OCCCC)nc2N(Cc2cccc(CN(CC3CC3)S(C)(=O)=O)c2)C1. The fraction of sp³-hybridized carbons (Fsp3) is 0.520. The van der Waals surface area contributed by atoms with E-state index < -0.39 is 10.0 Å². The molecular formula is C25H35N5O3S. The minimum absolute atomic E-state index is 0.305. The monoisotopic (exact) mass is 485 g/mol. The Bertz CT molecular complexity index is 1150. The van der Waals surface area contributed by atoms with Crippen molar-refractivity contribution >= 4 is 21.7 Å². The van der Waals surface area contributed by atoms with Crippen LogP contribution in [0, 0.1) is 5.92 Å². The van der Waals surface area contributed by atoms with Crippen LogP contribution in [-0.2, 0) is 29.5 Å². The molecule has 1 aromatic carbocycles. The summed E-state index contributed by atoms with van der Waals surface area (Å²) in [5.41, 5.74) is 10.2. The number of anilines is 2. The molecule has 1 aromatic heterocycles. The van der Waals surface area contributed by atoms with E-state index in [1.807, 2.05) is 12.1 Å². The van der Waals surface area contributed by atoms with E-state index in [1.165, 1.54) is 6.26 Å². The summed E-state index contributed by atoms with van der Waals surface area (Å²) in [5, 5.41) is 0. The molecule has 0 atom stereocenters. The molecule has 0 amide bonds. The van der Waals surface area contributed by atoms with Crippen molar-refractivity contribution in [3.63, 3.8) is 0 Å². The number of nitrogens with two attached hydrogens (primary N) is 1. The molecule has 9 heteroatoms. The lowest BCUT2D eigenvalue weighted by Crippen LogP contribution is -2.32. The van der Waals surface area contributed by atoms with Crippen molar-refractivity contribution in [2.45, 2.75) is 52.1 Å². The van der Waals surface area contributed by atoms with Gasteiger partial charge in [-0.15, -0.1) is 0 Å². The summed E-state index contributed by atoms with van der Waals surface area (Å²) in [4.78, 5) is 11.2. The largest absolute Gasteiger partial charge is 0.463 e. The van der Waals surface area contributed by atoms with E-state index in [2.05, 4.69) is 40.5 Å². The zero-order valence-electron chi connectivity index (χ0n) is 20.2. The van der Waals surface area contributed by atoms with Crippen LogP contribution in [0.25, 0.3) is 0 Å². The Morgan fingerprint density at radius 2 is 2.03 bits per heavy atom. The molecule has 0 unspecified atom stereocenters. The van der Waals surface area contributed by atoms with Crippen LogP contribution >= 0.6 is 0 Å². The maximum Gasteiger partial charge on any atom is 0.320 e. The molecule has 0 radical (unpaired) electrons. The summed E-state index contributed by atoms with van der Waals surface area (Å²) < 4.78 is 31.9. The first-order chi connectivity index (χ1) is 16.2. The molecule has 0 bridgehead atoms. The van der Waals surface area contributed by atoms with Crippen LogP contribution in [0.15, 0.2) is 36.4 Å². The molecule has 4 rings (SSSR count). The third-order valence-corrected chi connectivity index (χ3v) is 7.43. The zero-order chi connectivity index (χ0) is 24.3. The number of sulfonamides is 1. The standard InChI is InChI=1S/C25H35N5O3S/c1-4-5-11-33-25-27-23(26)22-12-18(2)14-29(24(22)28-25)15-20-7-6-8-21(13-20)17-30(34(3,31)32)16-19-9-10-19/h6-8,13,19H,2,4-5,9-12,14-17H2,1,3H3,(H2,26,27,28). The summed E-state index contributed by atoms with van der Waals surface area (Å²) in [6.45, 7) is 9.10. The highest BCUT2D eigenvalue weighted by atomic mass is 32.2. The van der Waals surface area contributed by atoms with Crippen LogP contribution in [0.5, 0.6) is 6.01 Å². The molecule has 1 aliphatic heterocycles. The van der Waals surface area contributed by atoms with E-state index in [1.54, 1.807) is 4.31 Å². The molecule has 1 fully saturated rings. The Hall–Kier alpha value is -2.65. The van der Waals surface area contributed by atoms with E-state index in [0.717, 1.165) is 53.8 Å². The van der Waals surface area contributed by atoms with Crippen molar-refractivity contribution in [3.05, 3.63) is 53.1 Å². The number of rotatable bonds is 11. The van der Waals surface area contributed by atoms with Crippen LogP contribution < -0.4 is 15.4 Å². The zero-order valence-corrected chi connectivity index (χ0v) is 21.0. The van der Waals surface area contributed by atoms with Gasteiger partial charge in [-0.05, 0) is 36.3 Å². The fourth-order valence-corrected chi connectivity index (χ4v) is 5.07. The molecule has 1 saturated carbocycles. The number of benzene rings is 1. The highest BCUT2D eigenvalue weighted by Gasteiger charge is 2.29. The highest BCUT2D eigenvalue weighted by Crippen LogP contribution is 2.34. The third-order valence-electron chi connectivity index (χ3n) is 6.22.